The van der Waals surface area contributed by atoms with Crippen molar-refractivity contribution in [1.29, 1.82) is 0 Å². The molecule has 13 atom stereocenters. The van der Waals surface area contributed by atoms with Crippen LogP contribution in [0.5, 0.6) is 0 Å². The second kappa shape index (κ2) is 9.19. The Morgan fingerprint density at radius 2 is 1.78 bits per heavy atom. The minimum absolute atomic E-state index is 0.154. The van der Waals surface area contributed by atoms with E-state index in [4.69, 9.17) is 14.2 Å². The van der Waals surface area contributed by atoms with Gasteiger partial charge in [-0.3, -0.25) is 4.79 Å². The topological polar surface area (TPSA) is 183 Å². The molecule has 2 aliphatic heterocycles. The summed E-state index contributed by atoms with van der Waals surface area (Å²) in [6.07, 6.45) is -3.86. The van der Waals surface area contributed by atoms with Gasteiger partial charge in [0.05, 0.1) is 24.2 Å². The van der Waals surface area contributed by atoms with Crippen molar-refractivity contribution in [2.75, 3.05) is 13.2 Å². The van der Waals surface area contributed by atoms with Gasteiger partial charge in [0.15, 0.2) is 6.29 Å². The molecule has 0 amide bonds. The number of ether oxygens (including phenoxy) is 3. The molecule has 0 radical (unpaired) electrons. The van der Waals surface area contributed by atoms with Crippen molar-refractivity contribution < 1.29 is 54.4 Å². The molecule has 5 fully saturated rings. The molecule has 2 saturated heterocycles. The third kappa shape index (κ3) is 3.84. The Bertz CT molecular complexity index is 913. The fourth-order valence-corrected chi connectivity index (χ4v) is 8.90. The van der Waals surface area contributed by atoms with Crippen LogP contribution in [0.25, 0.3) is 0 Å². The monoisotopic (exact) mass is 528 g/mol. The SMILES string of the molecule is CC12CCCC(C)(C3CCC4CC3(C=O)CC4(O)CO)C1C(OC1OC(CO)C(O)C(O)C1O)OC2=O. The summed E-state index contributed by atoms with van der Waals surface area (Å²) < 4.78 is 17.3. The van der Waals surface area contributed by atoms with Crippen LogP contribution in [0.2, 0.25) is 0 Å². The molecule has 5 rings (SSSR count). The zero-order valence-corrected chi connectivity index (χ0v) is 21.4. The van der Waals surface area contributed by atoms with Crippen LogP contribution >= 0.6 is 0 Å². The second-order valence-electron chi connectivity index (χ2n) is 12.7. The lowest BCUT2D eigenvalue weighted by molar-refractivity contribution is -0.340. The van der Waals surface area contributed by atoms with E-state index in [2.05, 4.69) is 0 Å². The van der Waals surface area contributed by atoms with E-state index in [-0.39, 0.29) is 18.3 Å². The molecule has 37 heavy (non-hydrogen) atoms. The van der Waals surface area contributed by atoms with Gasteiger partial charge in [-0.2, -0.15) is 0 Å². The van der Waals surface area contributed by atoms with Crippen LogP contribution in [0, 0.1) is 34.0 Å². The third-order valence-electron chi connectivity index (χ3n) is 10.7. The predicted octanol–water partition coefficient (Wildman–Crippen LogP) is -0.773. The van der Waals surface area contributed by atoms with Gasteiger partial charge in [-0.05, 0) is 62.7 Å². The molecule has 0 aromatic carbocycles. The van der Waals surface area contributed by atoms with E-state index in [1.54, 1.807) is 0 Å². The molecule has 6 N–H and O–H groups in total. The van der Waals surface area contributed by atoms with E-state index in [1.807, 2.05) is 13.8 Å². The van der Waals surface area contributed by atoms with E-state index in [0.717, 1.165) is 12.7 Å². The summed E-state index contributed by atoms with van der Waals surface area (Å²) in [5.74, 6) is -1.38. The summed E-state index contributed by atoms with van der Waals surface area (Å²) in [5.41, 5.74) is -3.76. The number of aldehydes is 1. The van der Waals surface area contributed by atoms with E-state index >= 15 is 0 Å². The van der Waals surface area contributed by atoms with E-state index in [0.29, 0.717) is 32.1 Å². The number of cyclic esters (lactones) is 1. The number of hydrogen-bond donors (Lipinski definition) is 6. The molecule has 2 heterocycles. The number of fused-ring (bicyclic) bond motifs is 3. The van der Waals surface area contributed by atoms with Gasteiger partial charge in [0.2, 0.25) is 6.29 Å². The first-order valence-corrected chi connectivity index (χ1v) is 13.4. The number of carbonyl (C=O) groups is 2. The smallest absolute Gasteiger partial charge is 0.314 e. The number of aliphatic hydroxyl groups excluding tert-OH is 5. The Labute approximate surface area is 215 Å². The molecule has 3 aliphatic carbocycles. The van der Waals surface area contributed by atoms with Crippen molar-refractivity contribution in [1.82, 2.24) is 0 Å². The first kappa shape index (κ1) is 27.4. The Kier molecular flexibility index (Phi) is 6.81. The molecule has 0 spiro atoms. The molecule has 3 saturated carbocycles. The molecule has 0 aromatic heterocycles. The highest BCUT2D eigenvalue weighted by Gasteiger charge is 2.70. The summed E-state index contributed by atoms with van der Waals surface area (Å²) >= 11 is 0. The van der Waals surface area contributed by atoms with Gasteiger partial charge in [0.1, 0.15) is 30.7 Å². The van der Waals surface area contributed by atoms with E-state index in [1.165, 1.54) is 0 Å². The Morgan fingerprint density at radius 3 is 2.43 bits per heavy atom. The zero-order chi connectivity index (χ0) is 27.0. The molecule has 13 unspecified atom stereocenters. The molecular weight excluding hydrogens is 488 g/mol. The average Bonchev–Trinajstić information content (AvgIpc) is 3.26. The maximum absolute atomic E-state index is 13.3. The van der Waals surface area contributed by atoms with Crippen molar-refractivity contribution in [3.05, 3.63) is 0 Å². The lowest BCUT2D eigenvalue weighted by Crippen LogP contribution is -2.61. The van der Waals surface area contributed by atoms with Crippen LogP contribution in [0.15, 0.2) is 0 Å². The molecular formula is C26H40O11. The minimum Gasteiger partial charge on any atom is -0.435 e. The summed E-state index contributed by atoms with van der Waals surface area (Å²) in [6, 6.07) is 0. The predicted molar refractivity (Wildman–Crippen MR) is 124 cm³/mol. The minimum atomic E-state index is -1.65. The van der Waals surface area contributed by atoms with E-state index in [9.17, 15) is 40.2 Å². The fourth-order valence-electron chi connectivity index (χ4n) is 8.90. The number of aliphatic hydroxyl groups is 6. The van der Waals surface area contributed by atoms with Gasteiger partial charge in [-0.1, -0.05) is 13.3 Å². The number of esters is 1. The van der Waals surface area contributed by atoms with Gasteiger partial charge in [0.25, 0.3) is 0 Å². The first-order valence-electron chi connectivity index (χ1n) is 13.4. The Balaban J connectivity index is 1.49. The van der Waals surface area contributed by atoms with Crippen molar-refractivity contribution in [2.24, 2.45) is 34.0 Å². The van der Waals surface area contributed by atoms with Crippen molar-refractivity contribution >= 4 is 12.3 Å². The van der Waals surface area contributed by atoms with Crippen molar-refractivity contribution in [3.63, 3.8) is 0 Å². The second-order valence-corrected chi connectivity index (χ2v) is 12.7. The normalized spacial score (nSPS) is 55.6. The molecule has 5 aliphatic rings. The number of hydrogen-bond acceptors (Lipinski definition) is 11. The highest BCUT2D eigenvalue weighted by Crippen LogP contribution is 2.69. The zero-order valence-electron chi connectivity index (χ0n) is 21.4. The fraction of sp³-hybridized carbons (Fsp3) is 0.923. The number of rotatable bonds is 6. The molecule has 2 bridgehead atoms. The van der Waals surface area contributed by atoms with Crippen LogP contribution in [0.3, 0.4) is 0 Å². The summed E-state index contributed by atoms with van der Waals surface area (Å²) in [7, 11) is 0. The van der Waals surface area contributed by atoms with Gasteiger partial charge in [-0.25, -0.2) is 0 Å². The van der Waals surface area contributed by atoms with Gasteiger partial charge >= 0.3 is 5.97 Å². The molecule has 11 heteroatoms. The maximum Gasteiger partial charge on any atom is 0.314 e. The third-order valence-corrected chi connectivity index (χ3v) is 10.7. The van der Waals surface area contributed by atoms with Crippen LogP contribution in [0.4, 0.5) is 0 Å². The number of carbonyl (C=O) groups excluding carboxylic acids is 2. The summed E-state index contributed by atoms with van der Waals surface area (Å²) in [5, 5.41) is 61.5. The lowest BCUT2D eigenvalue weighted by Gasteiger charge is -2.56. The molecule has 0 aromatic rings. The van der Waals surface area contributed by atoms with Crippen molar-refractivity contribution in [2.45, 2.75) is 101 Å². The van der Waals surface area contributed by atoms with Crippen LogP contribution in [-0.4, -0.2) is 98.7 Å². The Morgan fingerprint density at radius 1 is 1.05 bits per heavy atom. The summed E-state index contributed by atoms with van der Waals surface area (Å²) in [4.78, 5) is 26.0. The maximum atomic E-state index is 13.3. The van der Waals surface area contributed by atoms with Gasteiger partial charge in [0, 0.05) is 11.3 Å². The van der Waals surface area contributed by atoms with Gasteiger partial charge < -0.3 is 49.6 Å². The summed E-state index contributed by atoms with van der Waals surface area (Å²) in [6.45, 7) is 2.83. The quantitative estimate of drug-likeness (QED) is 0.188. The van der Waals surface area contributed by atoms with E-state index < -0.39 is 83.9 Å². The lowest BCUT2D eigenvalue weighted by atomic mass is 9.46. The van der Waals surface area contributed by atoms with Crippen LogP contribution in [0.1, 0.15) is 58.8 Å². The highest BCUT2D eigenvalue weighted by molar-refractivity contribution is 5.79. The largest absolute Gasteiger partial charge is 0.435 e. The van der Waals surface area contributed by atoms with Crippen LogP contribution < -0.4 is 0 Å². The average molecular weight is 529 g/mol. The Hall–Kier alpha value is -1.18. The van der Waals surface area contributed by atoms with Gasteiger partial charge in [-0.15, -0.1) is 0 Å². The molecule has 11 nitrogen and oxygen atoms in total. The first-order chi connectivity index (χ1) is 17.4. The van der Waals surface area contributed by atoms with Crippen molar-refractivity contribution in [3.8, 4) is 0 Å². The van der Waals surface area contributed by atoms with Crippen LogP contribution in [-0.2, 0) is 23.8 Å². The standard InChI is InChI=1S/C26H40O11/c1-23(15-5-4-13-8-25(15,11-28)10-26(13,34)12-29)6-3-7-24(2)19(23)21(37-22(24)33)36-20-18(32)17(31)16(30)14(9-27)35-20/h11,13-21,27,29-32,34H,3-10,12H2,1-2H3. The highest BCUT2D eigenvalue weighted by atomic mass is 16.8. The molecule has 210 valence electrons.